The van der Waals surface area contributed by atoms with Crippen LogP contribution in [0.1, 0.15) is 21.5 Å². The molecule has 0 fully saturated rings. The number of nitrogens with zero attached hydrogens (tertiary/aromatic N) is 3. The Morgan fingerprint density at radius 3 is 2.50 bits per heavy atom. The van der Waals surface area contributed by atoms with Gasteiger partial charge >= 0.3 is 5.97 Å². The second kappa shape index (κ2) is 8.55. The molecule has 0 aliphatic rings. The summed E-state index contributed by atoms with van der Waals surface area (Å²) < 4.78 is 19.3. The molecule has 0 aliphatic carbocycles. The molecule has 32 heavy (non-hydrogen) atoms. The summed E-state index contributed by atoms with van der Waals surface area (Å²) in [5.74, 6) is -3.05. The van der Waals surface area contributed by atoms with Crippen molar-refractivity contribution in [3.8, 4) is 29.0 Å². The zero-order valence-electron chi connectivity index (χ0n) is 15.7. The highest BCUT2D eigenvalue weighted by molar-refractivity contribution is 6.33. The average Bonchev–Trinajstić information content (AvgIpc) is 2.73. The van der Waals surface area contributed by atoms with Gasteiger partial charge < -0.3 is 15.5 Å². The largest absolute Gasteiger partial charge is 0.422 e. The minimum Gasteiger partial charge on any atom is -0.422 e. The van der Waals surface area contributed by atoms with Gasteiger partial charge in [0.05, 0.1) is 9.95 Å². The van der Waals surface area contributed by atoms with Crippen molar-refractivity contribution in [2.45, 2.75) is 0 Å². The van der Waals surface area contributed by atoms with E-state index in [1.165, 1.54) is 12.1 Å². The maximum absolute atomic E-state index is 14.1. The number of nitro groups is 1. The van der Waals surface area contributed by atoms with Gasteiger partial charge in [-0.15, -0.1) is 0 Å². The van der Waals surface area contributed by atoms with Gasteiger partial charge in [-0.05, 0) is 18.2 Å². The van der Waals surface area contributed by atoms with E-state index < -0.39 is 50.7 Å². The van der Waals surface area contributed by atoms with Gasteiger partial charge in [-0.2, -0.15) is 10.5 Å². The summed E-state index contributed by atoms with van der Waals surface area (Å²) in [5.41, 5.74) is 1.89. The van der Waals surface area contributed by atoms with Crippen LogP contribution in [0.4, 0.5) is 15.9 Å². The first-order valence-electron chi connectivity index (χ1n) is 8.50. The van der Waals surface area contributed by atoms with Crippen LogP contribution in [0.2, 0.25) is 5.02 Å². The molecule has 10 nitrogen and oxygen atoms in total. The van der Waals surface area contributed by atoms with E-state index in [0.29, 0.717) is 0 Å². The number of hydrogen-bond donors (Lipinski definition) is 2. The zero-order chi connectivity index (χ0) is 23.6. The standard InChI is InChI=1S/C20H9ClFN5O5/c21-13-2-1-3-14(22)17(13)20(29)32-15-5-4-9(27(30)31)6-10(15)16-11(7-23)18(25)26-19(28)12(16)8-24/h1-6H,(H3,25,26,28). The molecule has 0 saturated carbocycles. The van der Waals surface area contributed by atoms with Crippen LogP contribution < -0.4 is 16.0 Å². The van der Waals surface area contributed by atoms with Crippen LogP contribution in [0.3, 0.4) is 0 Å². The molecule has 1 heterocycles. The van der Waals surface area contributed by atoms with E-state index in [0.717, 1.165) is 24.3 Å². The van der Waals surface area contributed by atoms with E-state index in [2.05, 4.69) is 4.98 Å². The van der Waals surface area contributed by atoms with E-state index in [9.17, 15) is 34.6 Å². The van der Waals surface area contributed by atoms with Gasteiger partial charge in [-0.1, -0.05) is 17.7 Å². The maximum Gasteiger partial charge on any atom is 0.348 e. The normalized spacial score (nSPS) is 10.1. The molecule has 0 radical (unpaired) electrons. The lowest BCUT2D eigenvalue weighted by Crippen LogP contribution is -2.17. The van der Waals surface area contributed by atoms with Crippen LogP contribution in [-0.4, -0.2) is 15.9 Å². The third kappa shape index (κ3) is 3.84. The number of aromatic nitrogens is 1. The number of pyridine rings is 1. The second-order valence-corrected chi connectivity index (χ2v) is 6.55. The SMILES string of the molecule is N#Cc1c(N)[nH]c(=O)c(C#N)c1-c1cc([N+](=O)[O-])ccc1OC(=O)c1c(F)cccc1Cl. The molecular weight excluding hydrogens is 445 g/mol. The van der Waals surface area contributed by atoms with Crippen molar-refractivity contribution in [3.05, 3.63) is 84.4 Å². The Hall–Kier alpha value is -4.74. The number of nitrogen functional groups attached to an aromatic ring is 1. The van der Waals surface area contributed by atoms with E-state index in [1.807, 2.05) is 0 Å². The molecule has 0 atom stereocenters. The van der Waals surface area contributed by atoms with Crippen LogP contribution in [-0.2, 0) is 0 Å². The molecule has 12 heteroatoms. The molecule has 2 aromatic carbocycles. The molecule has 3 N–H and O–H groups in total. The molecule has 0 unspecified atom stereocenters. The van der Waals surface area contributed by atoms with Crippen molar-refractivity contribution in [2.75, 3.05) is 5.73 Å². The minimum atomic E-state index is -1.25. The smallest absolute Gasteiger partial charge is 0.348 e. The van der Waals surface area contributed by atoms with Gasteiger partial charge in [-0.3, -0.25) is 14.9 Å². The number of benzene rings is 2. The summed E-state index contributed by atoms with van der Waals surface area (Å²) in [6.45, 7) is 0. The zero-order valence-corrected chi connectivity index (χ0v) is 16.4. The molecule has 0 bridgehead atoms. The Morgan fingerprint density at radius 1 is 1.22 bits per heavy atom. The lowest BCUT2D eigenvalue weighted by Gasteiger charge is -2.14. The predicted octanol–water partition coefficient (Wildman–Crippen LogP) is 3.29. The number of aromatic amines is 1. The number of esters is 1. The summed E-state index contributed by atoms with van der Waals surface area (Å²) in [4.78, 5) is 37.4. The Morgan fingerprint density at radius 2 is 1.91 bits per heavy atom. The fraction of sp³-hybridized carbons (Fsp3) is 0. The van der Waals surface area contributed by atoms with Crippen LogP contribution >= 0.6 is 11.6 Å². The van der Waals surface area contributed by atoms with E-state index in [4.69, 9.17) is 22.1 Å². The van der Waals surface area contributed by atoms with Crippen molar-refractivity contribution >= 4 is 29.1 Å². The molecule has 3 aromatic rings. The number of nitriles is 2. The Balaban J connectivity index is 2.31. The maximum atomic E-state index is 14.1. The van der Waals surface area contributed by atoms with Gasteiger partial charge in [0.2, 0.25) is 0 Å². The van der Waals surface area contributed by atoms with Crippen LogP contribution in [0.5, 0.6) is 5.75 Å². The highest BCUT2D eigenvalue weighted by Crippen LogP contribution is 2.38. The number of carbonyl (C=O) groups excluding carboxylic acids is 1. The predicted molar refractivity (Wildman–Crippen MR) is 109 cm³/mol. The van der Waals surface area contributed by atoms with Crippen molar-refractivity contribution < 1.29 is 18.8 Å². The molecule has 1 aromatic heterocycles. The number of nitro benzene ring substituents is 1. The average molecular weight is 454 g/mol. The number of nitrogens with two attached hydrogens (primary N) is 1. The monoisotopic (exact) mass is 453 g/mol. The number of rotatable bonds is 4. The van der Waals surface area contributed by atoms with Gasteiger partial charge in [-0.25, -0.2) is 9.18 Å². The van der Waals surface area contributed by atoms with Crippen molar-refractivity contribution in [3.63, 3.8) is 0 Å². The first kappa shape index (κ1) is 22.0. The number of ether oxygens (including phenoxy) is 1. The van der Waals surface area contributed by atoms with Gasteiger partial charge in [0.25, 0.3) is 11.2 Å². The molecule has 0 aliphatic heterocycles. The van der Waals surface area contributed by atoms with Crippen LogP contribution in [0.25, 0.3) is 11.1 Å². The number of H-pyrrole nitrogens is 1. The molecule has 158 valence electrons. The Labute approximate surface area is 183 Å². The summed E-state index contributed by atoms with van der Waals surface area (Å²) in [6.07, 6.45) is 0. The summed E-state index contributed by atoms with van der Waals surface area (Å²) in [7, 11) is 0. The second-order valence-electron chi connectivity index (χ2n) is 6.14. The van der Waals surface area contributed by atoms with Crippen LogP contribution in [0, 0.1) is 38.6 Å². The minimum absolute atomic E-state index is 0.255. The van der Waals surface area contributed by atoms with Crippen molar-refractivity contribution in [1.82, 2.24) is 4.98 Å². The summed E-state index contributed by atoms with van der Waals surface area (Å²) in [5, 5.41) is 30.0. The molecule has 0 amide bonds. The number of non-ortho nitro benzene ring substituents is 1. The van der Waals surface area contributed by atoms with Gasteiger partial charge in [0.15, 0.2) is 0 Å². The van der Waals surface area contributed by atoms with Crippen molar-refractivity contribution in [2.24, 2.45) is 0 Å². The number of halogens is 2. The number of hydrogen-bond acceptors (Lipinski definition) is 8. The van der Waals surface area contributed by atoms with E-state index >= 15 is 0 Å². The quantitative estimate of drug-likeness (QED) is 0.261. The first-order valence-corrected chi connectivity index (χ1v) is 8.88. The highest BCUT2D eigenvalue weighted by Gasteiger charge is 2.26. The fourth-order valence-corrected chi connectivity index (χ4v) is 3.11. The molecule has 3 rings (SSSR count). The Bertz CT molecular complexity index is 1420. The lowest BCUT2D eigenvalue weighted by atomic mass is 9.95. The fourth-order valence-electron chi connectivity index (χ4n) is 2.87. The summed E-state index contributed by atoms with van der Waals surface area (Å²) >= 11 is 5.87. The number of carbonyl (C=O) groups is 1. The van der Waals surface area contributed by atoms with E-state index in [-0.39, 0.29) is 21.7 Å². The third-order valence-corrected chi connectivity index (χ3v) is 4.60. The van der Waals surface area contributed by atoms with Gasteiger partial charge in [0.1, 0.15) is 46.2 Å². The Kier molecular flexibility index (Phi) is 5.87. The highest BCUT2D eigenvalue weighted by atomic mass is 35.5. The number of anilines is 1. The van der Waals surface area contributed by atoms with Crippen molar-refractivity contribution in [1.29, 1.82) is 10.5 Å². The third-order valence-electron chi connectivity index (χ3n) is 4.28. The topological polar surface area (TPSA) is 176 Å². The molecule has 0 spiro atoms. The van der Waals surface area contributed by atoms with Gasteiger partial charge in [0, 0.05) is 23.3 Å². The molecule has 0 saturated heterocycles. The van der Waals surface area contributed by atoms with E-state index in [1.54, 1.807) is 12.1 Å². The summed E-state index contributed by atoms with van der Waals surface area (Å²) in [6, 6.07) is 9.66. The van der Waals surface area contributed by atoms with Crippen LogP contribution in [0.15, 0.2) is 41.2 Å². The molecular formula is C20H9ClFN5O5. The number of nitrogens with one attached hydrogen (secondary N) is 1. The first-order chi connectivity index (χ1) is 15.2. The lowest BCUT2D eigenvalue weighted by molar-refractivity contribution is -0.384.